The molecule has 2 aromatic heterocycles. The molecule has 58 heavy (non-hydrogen) atoms. The highest BCUT2D eigenvalue weighted by Gasteiger charge is 2.16. The van der Waals surface area contributed by atoms with Crippen LogP contribution in [-0.2, 0) is 40.0 Å². The first-order valence-corrected chi connectivity index (χ1v) is 21.4. The van der Waals surface area contributed by atoms with Crippen LogP contribution in [0.15, 0.2) is 106 Å². The number of ether oxygens (including phenoxy) is 4. The highest BCUT2D eigenvalue weighted by atomic mass is 16.7. The largest absolute Gasteiger partial charge is 0.493 e. The molecule has 0 N–H and O–H groups in total. The Morgan fingerprint density at radius 3 is 1.59 bits per heavy atom. The van der Waals surface area contributed by atoms with Gasteiger partial charge in [0.05, 0.1) is 19.3 Å². The number of hydrogen-bond donors (Lipinski definition) is 0. The molecule has 0 unspecified atom stereocenters. The summed E-state index contributed by atoms with van der Waals surface area (Å²) >= 11 is 0. The standard InChI is InChI=1S/C51H60O7/c1-6-11-13-15-36-17-23-45(38(8-3)29-36)49-31-40-19-21-43(33-47(40)57-49)53-27-25-42(55-35-56-51(52)10-5)26-28-54-44-22-20-41-32-50(58-48(41)34-44)46-24-18-37(16-14-12-7-2)30-39(46)9-4/h10,17-24,29-34,42H,5-9,11-16,25-28,35H2,1-4H3. The highest BCUT2D eigenvalue weighted by Crippen LogP contribution is 2.35. The fraction of sp³-hybridized carbons (Fsp3) is 0.392. The van der Waals surface area contributed by atoms with Gasteiger partial charge in [0.25, 0.3) is 0 Å². The molecule has 0 aliphatic carbocycles. The van der Waals surface area contributed by atoms with Crippen LogP contribution in [0.4, 0.5) is 0 Å². The van der Waals surface area contributed by atoms with E-state index in [4.69, 9.17) is 27.8 Å². The van der Waals surface area contributed by atoms with Crippen LogP contribution in [0.5, 0.6) is 11.5 Å². The molecule has 6 rings (SSSR count). The number of furan rings is 2. The van der Waals surface area contributed by atoms with Crippen LogP contribution in [0.25, 0.3) is 44.6 Å². The third-order valence-corrected chi connectivity index (χ3v) is 10.8. The Kier molecular flexibility index (Phi) is 15.7. The summed E-state index contributed by atoms with van der Waals surface area (Å²) in [5.74, 6) is 2.62. The van der Waals surface area contributed by atoms with E-state index in [0.717, 1.165) is 76.3 Å². The van der Waals surface area contributed by atoms with Gasteiger partial charge in [-0.05, 0) is 97.2 Å². The van der Waals surface area contributed by atoms with Gasteiger partial charge in [-0.1, -0.05) is 96.4 Å². The Hall–Kier alpha value is -5.27. The molecule has 306 valence electrons. The second-order valence-corrected chi connectivity index (χ2v) is 15.1. The average molecular weight is 785 g/mol. The first-order valence-electron chi connectivity index (χ1n) is 21.4. The molecule has 2 heterocycles. The van der Waals surface area contributed by atoms with Crippen molar-refractivity contribution in [1.29, 1.82) is 0 Å². The lowest BCUT2D eigenvalue weighted by Crippen LogP contribution is -2.22. The molecule has 0 amide bonds. The molecule has 7 heteroatoms. The van der Waals surface area contributed by atoms with E-state index in [0.29, 0.717) is 37.6 Å². The van der Waals surface area contributed by atoms with Gasteiger partial charge in [0.15, 0.2) is 6.79 Å². The van der Waals surface area contributed by atoms with Gasteiger partial charge in [0, 0.05) is 52.9 Å². The Bertz CT molecular complexity index is 2100. The van der Waals surface area contributed by atoms with Crippen molar-refractivity contribution in [2.24, 2.45) is 0 Å². The van der Waals surface area contributed by atoms with Gasteiger partial charge in [-0.2, -0.15) is 0 Å². The van der Waals surface area contributed by atoms with E-state index in [-0.39, 0.29) is 12.9 Å². The molecule has 0 bridgehead atoms. The number of carbonyl (C=O) groups is 1. The number of hydrogen-bond acceptors (Lipinski definition) is 7. The van der Waals surface area contributed by atoms with Crippen LogP contribution in [0.3, 0.4) is 0 Å². The molecule has 7 nitrogen and oxygen atoms in total. The number of carbonyl (C=O) groups excluding carboxylic acids is 1. The van der Waals surface area contributed by atoms with Crippen molar-refractivity contribution in [2.45, 2.75) is 111 Å². The van der Waals surface area contributed by atoms with Gasteiger partial charge in [0.1, 0.15) is 34.2 Å². The fourth-order valence-electron chi connectivity index (χ4n) is 7.47. The van der Waals surface area contributed by atoms with Crippen molar-refractivity contribution in [2.75, 3.05) is 20.0 Å². The van der Waals surface area contributed by atoms with Crippen LogP contribution in [0.2, 0.25) is 0 Å². The first kappa shape index (κ1) is 42.3. The lowest BCUT2D eigenvalue weighted by atomic mass is 9.97. The van der Waals surface area contributed by atoms with E-state index in [1.165, 1.54) is 60.8 Å². The minimum atomic E-state index is -0.536. The molecule has 4 aromatic carbocycles. The maximum absolute atomic E-state index is 11.7. The van der Waals surface area contributed by atoms with E-state index >= 15 is 0 Å². The third-order valence-electron chi connectivity index (χ3n) is 10.8. The number of aryl methyl sites for hydroxylation is 4. The summed E-state index contributed by atoms with van der Waals surface area (Å²) in [5, 5.41) is 2.06. The number of rotatable bonds is 24. The first-order chi connectivity index (χ1) is 28.4. The molecule has 0 saturated carbocycles. The molecule has 6 aromatic rings. The Morgan fingerprint density at radius 1 is 0.638 bits per heavy atom. The molecule has 0 aliphatic heterocycles. The molecule has 0 atom stereocenters. The summed E-state index contributed by atoms with van der Waals surface area (Å²) in [7, 11) is 0. The Balaban J connectivity index is 1.06. The van der Waals surface area contributed by atoms with Crippen LogP contribution in [0, 0.1) is 0 Å². The van der Waals surface area contributed by atoms with E-state index < -0.39 is 5.97 Å². The summed E-state index contributed by atoms with van der Waals surface area (Å²) in [6, 6.07) is 29.6. The van der Waals surface area contributed by atoms with E-state index in [2.05, 4.69) is 82.8 Å². The van der Waals surface area contributed by atoms with E-state index in [1.54, 1.807) is 0 Å². The fourth-order valence-corrected chi connectivity index (χ4v) is 7.47. The maximum atomic E-state index is 11.7. The lowest BCUT2D eigenvalue weighted by Gasteiger charge is -2.18. The van der Waals surface area contributed by atoms with Gasteiger partial charge >= 0.3 is 5.97 Å². The molecule has 0 saturated heterocycles. The monoisotopic (exact) mass is 784 g/mol. The molecular formula is C51H60O7. The van der Waals surface area contributed by atoms with E-state index in [1.807, 2.05) is 36.4 Å². The molecule has 0 aliphatic rings. The van der Waals surface area contributed by atoms with Crippen molar-refractivity contribution in [3.8, 4) is 34.1 Å². The van der Waals surface area contributed by atoms with Gasteiger partial charge in [-0.25, -0.2) is 4.79 Å². The third kappa shape index (κ3) is 11.4. The summed E-state index contributed by atoms with van der Waals surface area (Å²) < 4.78 is 36.2. The Labute approximate surface area is 344 Å². The molecule has 0 spiro atoms. The highest BCUT2D eigenvalue weighted by molar-refractivity contribution is 5.85. The zero-order valence-electron chi connectivity index (χ0n) is 34.9. The smallest absolute Gasteiger partial charge is 0.332 e. The van der Waals surface area contributed by atoms with Crippen LogP contribution < -0.4 is 9.47 Å². The minimum Gasteiger partial charge on any atom is -0.493 e. The molecule has 0 fully saturated rings. The van der Waals surface area contributed by atoms with Crippen molar-refractivity contribution >= 4 is 27.9 Å². The number of unbranched alkanes of at least 4 members (excludes halogenated alkanes) is 4. The normalized spacial score (nSPS) is 11.5. The molecular weight excluding hydrogens is 725 g/mol. The number of benzene rings is 4. The quantitative estimate of drug-likeness (QED) is 0.0262. The van der Waals surface area contributed by atoms with Crippen molar-refractivity contribution in [1.82, 2.24) is 0 Å². The lowest BCUT2D eigenvalue weighted by molar-refractivity contribution is -0.156. The predicted molar refractivity (Wildman–Crippen MR) is 235 cm³/mol. The average Bonchev–Trinajstić information content (AvgIpc) is 3.87. The second kappa shape index (κ2) is 21.5. The maximum Gasteiger partial charge on any atom is 0.332 e. The summed E-state index contributed by atoms with van der Waals surface area (Å²) in [6.45, 7) is 12.9. The van der Waals surface area contributed by atoms with Gasteiger partial charge in [-0.3, -0.25) is 0 Å². The minimum absolute atomic E-state index is 0.184. The van der Waals surface area contributed by atoms with Crippen LogP contribution in [-0.4, -0.2) is 32.1 Å². The summed E-state index contributed by atoms with van der Waals surface area (Å²) in [6.07, 6.45) is 13.4. The van der Waals surface area contributed by atoms with Crippen molar-refractivity contribution < 1.29 is 32.6 Å². The molecule has 0 radical (unpaired) electrons. The topological polar surface area (TPSA) is 80.3 Å². The van der Waals surface area contributed by atoms with Gasteiger partial charge < -0.3 is 27.8 Å². The van der Waals surface area contributed by atoms with Crippen molar-refractivity contribution in [3.05, 3.63) is 120 Å². The number of esters is 1. The number of fused-ring (bicyclic) bond motifs is 2. The summed E-state index contributed by atoms with van der Waals surface area (Å²) in [5.41, 5.74) is 9.21. The van der Waals surface area contributed by atoms with Crippen LogP contribution in [0.1, 0.15) is 101 Å². The van der Waals surface area contributed by atoms with Gasteiger partial charge in [0.2, 0.25) is 0 Å². The summed E-state index contributed by atoms with van der Waals surface area (Å²) in [4.78, 5) is 11.7. The van der Waals surface area contributed by atoms with Gasteiger partial charge in [-0.15, -0.1) is 0 Å². The van der Waals surface area contributed by atoms with Crippen molar-refractivity contribution in [3.63, 3.8) is 0 Å². The Morgan fingerprint density at radius 2 is 1.14 bits per heavy atom. The SMILES string of the molecule is C=CC(=O)OCOC(CCOc1ccc2cc(-c3ccc(CCCCC)cc3CC)oc2c1)CCOc1ccc2cc(-c3ccc(CCCCC)cc3CC)oc2c1. The van der Waals surface area contributed by atoms with Crippen LogP contribution >= 0.6 is 0 Å². The van der Waals surface area contributed by atoms with E-state index in [9.17, 15) is 4.79 Å². The zero-order chi connectivity index (χ0) is 40.7. The zero-order valence-corrected chi connectivity index (χ0v) is 34.9. The second-order valence-electron chi connectivity index (χ2n) is 15.1. The predicted octanol–water partition coefficient (Wildman–Crippen LogP) is 13.4.